The Labute approximate surface area is 181 Å². The van der Waals surface area contributed by atoms with Gasteiger partial charge in [0.1, 0.15) is 12.2 Å². The van der Waals surface area contributed by atoms with E-state index in [9.17, 15) is 14.7 Å². The van der Waals surface area contributed by atoms with Gasteiger partial charge in [0.15, 0.2) is 17.6 Å². The molecule has 0 aliphatic carbocycles. The van der Waals surface area contributed by atoms with E-state index < -0.39 is 29.8 Å². The fraction of sp³-hybridized carbons (Fsp3) is 0.391. The SMILES string of the molecule is CC(C)(C)OC(=O)NC(Cc1ccc2c(c1)OCO2)C(O)C(=O)OCc1ccccc1. The van der Waals surface area contributed by atoms with Crippen LogP contribution in [0.1, 0.15) is 31.9 Å². The summed E-state index contributed by atoms with van der Waals surface area (Å²) in [7, 11) is 0. The van der Waals surface area contributed by atoms with E-state index in [1.165, 1.54) is 0 Å². The van der Waals surface area contributed by atoms with E-state index in [0.717, 1.165) is 11.1 Å². The Morgan fingerprint density at radius 2 is 1.77 bits per heavy atom. The topological polar surface area (TPSA) is 103 Å². The van der Waals surface area contributed by atoms with Gasteiger partial charge in [0.05, 0.1) is 6.04 Å². The highest BCUT2D eigenvalue weighted by Gasteiger charge is 2.31. The zero-order valence-corrected chi connectivity index (χ0v) is 17.8. The summed E-state index contributed by atoms with van der Waals surface area (Å²) < 4.78 is 21.2. The minimum Gasteiger partial charge on any atom is -0.459 e. The number of esters is 1. The number of carbonyl (C=O) groups is 2. The highest BCUT2D eigenvalue weighted by Crippen LogP contribution is 2.33. The van der Waals surface area contributed by atoms with Crippen LogP contribution in [0.15, 0.2) is 48.5 Å². The van der Waals surface area contributed by atoms with Crippen molar-refractivity contribution in [2.75, 3.05) is 6.79 Å². The third kappa shape index (κ3) is 6.62. The standard InChI is InChI=1S/C23H27NO7/c1-23(2,3)31-22(27)24-17(11-16-9-10-18-19(12-16)30-14-29-18)20(25)21(26)28-13-15-7-5-4-6-8-15/h4-10,12,17,20,25H,11,13-14H2,1-3H3,(H,24,27). The first kappa shape index (κ1) is 22.4. The van der Waals surface area contributed by atoms with Crippen LogP contribution in [-0.2, 0) is 27.3 Å². The molecule has 2 atom stereocenters. The van der Waals surface area contributed by atoms with Crippen LogP contribution in [0.25, 0.3) is 0 Å². The quantitative estimate of drug-likeness (QED) is 0.652. The fourth-order valence-electron chi connectivity index (χ4n) is 3.00. The molecule has 1 heterocycles. The largest absolute Gasteiger partial charge is 0.459 e. The molecule has 166 valence electrons. The maximum Gasteiger partial charge on any atom is 0.407 e. The minimum absolute atomic E-state index is 0.0138. The Hall–Kier alpha value is -3.26. The molecule has 1 amide bonds. The molecule has 0 saturated carbocycles. The first-order valence-electron chi connectivity index (χ1n) is 9.98. The van der Waals surface area contributed by atoms with Crippen molar-refractivity contribution in [3.63, 3.8) is 0 Å². The molecule has 31 heavy (non-hydrogen) atoms. The first-order chi connectivity index (χ1) is 14.7. The number of rotatable bonds is 7. The van der Waals surface area contributed by atoms with Crippen LogP contribution < -0.4 is 14.8 Å². The van der Waals surface area contributed by atoms with Crippen molar-refractivity contribution in [1.29, 1.82) is 0 Å². The Balaban J connectivity index is 1.70. The summed E-state index contributed by atoms with van der Waals surface area (Å²) in [5.41, 5.74) is 0.794. The number of nitrogens with one attached hydrogen (secondary N) is 1. The van der Waals surface area contributed by atoms with Crippen LogP contribution in [0.5, 0.6) is 11.5 Å². The zero-order chi connectivity index (χ0) is 22.4. The normalized spacial score (nSPS) is 14.5. The number of aliphatic hydroxyl groups is 1. The molecule has 0 spiro atoms. The summed E-state index contributed by atoms with van der Waals surface area (Å²) in [6, 6.07) is 13.4. The average molecular weight is 429 g/mol. The maximum absolute atomic E-state index is 12.5. The van der Waals surface area contributed by atoms with Crippen LogP contribution in [-0.4, -0.2) is 41.7 Å². The van der Waals surface area contributed by atoms with E-state index >= 15 is 0 Å². The molecule has 1 aliphatic heterocycles. The smallest absolute Gasteiger partial charge is 0.407 e. The Bertz CT molecular complexity index is 908. The van der Waals surface area contributed by atoms with Gasteiger partial charge >= 0.3 is 12.1 Å². The summed E-state index contributed by atoms with van der Waals surface area (Å²) in [5.74, 6) is 0.337. The van der Waals surface area contributed by atoms with Gasteiger partial charge < -0.3 is 29.4 Å². The maximum atomic E-state index is 12.5. The Kier molecular flexibility index (Phi) is 7.02. The highest BCUT2D eigenvalue weighted by atomic mass is 16.7. The van der Waals surface area contributed by atoms with Crippen molar-refractivity contribution in [3.05, 3.63) is 59.7 Å². The lowest BCUT2D eigenvalue weighted by Gasteiger charge is -2.26. The molecule has 1 aliphatic rings. The molecule has 2 unspecified atom stereocenters. The monoisotopic (exact) mass is 429 g/mol. The molecule has 2 aromatic carbocycles. The average Bonchev–Trinajstić information content (AvgIpc) is 3.18. The second-order valence-electron chi connectivity index (χ2n) is 8.18. The fourth-order valence-corrected chi connectivity index (χ4v) is 3.00. The number of alkyl carbamates (subject to hydrolysis) is 1. The van der Waals surface area contributed by atoms with Gasteiger partial charge in [-0.25, -0.2) is 9.59 Å². The molecule has 3 rings (SSSR count). The lowest BCUT2D eigenvalue weighted by molar-refractivity contribution is -0.156. The van der Waals surface area contributed by atoms with Crippen molar-refractivity contribution in [2.24, 2.45) is 0 Å². The van der Waals surface area contributed by atoms with Crippen LogP contribution >= 0.6 is 0 Å². The summed E-state index contributed by atoms with van der Waals surface area (Å²) in [6.07, 6.45) is -2.19. The van der Waals surface area contributed by atoms with Crippen LogP contribution in [0.4, 0.5) is 4.79 Å². The molecule has 8 heteroatoms. The lowest BCUT2D eigenvalue weighted by atomic mass is 10.0. The molecule has 0 aromatic heterocycles. The predicted molar refractivity (Wildman–Crippen MR) is 112 cm³/mol. The molecular formula is C23H27NO7. The Morgan fingerprint density at radius 1 is 1.06 bits per heavy atom. The van der Waals surface area contributed by atoms with Crippen molar-refractivity contribution >= 4 is 12.1 Å². The van der Waals surface area contributed by atoms with Gasteiger partial charge in [-0.15, -0.1) is 0 Å². The van der Waals surface area contributed by atoms with Crippen molar-refractivity contribution in [1.82, 2.24) is 5.32 Å². The van der Waals surface area contributed by atoms with E-state index in [2.05, 4.69) is 5.32 Å². The zero-order valence-electron chi connectivity index (χ0n) is 17.8. The van der Waals surface area contributed by atoms with E-state index in [4.69, 9.17) is 18.9 Å². The van der Waals surface area contributed by atoms with Gasteiger partial charge in [-0.3, -0.25) is 0 Å². The van der Waals surface area contributed by atoms with E-state index in [1.54, 1.807) is 39.0 Å². The predicted octanol–water partition coefficient (Wildman–Crippen LogP) is 2.96. The lowest BCUT2D eigenvalue weighted by Crippen LogP contribution is -2.50. The number of fused-ring (bicyclic) bond motifs is 1. The number of ether oxygens (including phenoxy) is 4. The molecule has 8 nitrogen and oxygen atoms in total. The molecule has 2 N–H and O–H groups in total. The molecule has 2 aromatic rings. The number of aliphatic hydroxyl groups excluding tert-OH is 1. The van der Waals surface area contributed by atoms with Crippen molar-refractivity contribution in [2.45, 2.75) is 51.5 Å². The van der Waals surface area contributed by atoms with Gasteiger partial charge in [-0.1, -0.05) is 36.4 Å². The van der Waals surface area contributed by atoms with E-state index in [0.29, 0.717) is 11.5 Å². The van der Waals surface area contributed by atoms with Crippen LogP contribution in [0, 0.1) is 0 Å². The third-order valence-corrected chi connectivity index (χ3v) is 4.44. The van der Waals surface area contributed by atoms with Gasteiger partial charge in [0, 0.05) is 0 Å². The van der Waals surface area contributed by atoms with Gasteiger partial charge in [0.25, 0.3) is 0 Å². The van der Waals surface area contributed by atoms with Crippen LogP contribution in [0.2, 0.25) is 0 Å². The molecule has 0 radical (unpaired) electrons. The number of benzene rings is 2. The Morgan fingerprint density at radius 3 is 2.48 bits per heavy atom. The summed E-state index contributed by atoms with van der Waals surface area (Å²) in [4.78, 5) is 24.8. The number of carbonyl (C=O) groups excluding carboxylic acids is 2. The van der Waals surface area contributed by atoms with Crippen molar-refractivity contribution in [3.8, 4) is 11.5 Å². The number of amides is 1. The van der Waals surface area contributed by atoms with Gasteiger partial charge in [-0.05, 0) is 50.5 Å². The molecule has 0 bridgehead atoms. The molecular weight excluding hydrogens is 402 g/mol. The van der Waals surface area contributed by atoms with Crippen molar-refractivity contribution < 1.29 is 33.6 Å². The third-order valence-electron chi connectivity index (χ3n) is 4.44. The summed E-state index contributed by atoms with van der Waals surface area (Å²) in [5, 5.41) is 13.2. The van der Waals surface area contributed by atoms with Crippen LogP contribution in [0.3, 0.4) is 0 Å². The second-order valence-corrected chi connectivity index (χ2v) is 8.18. The summed E-state index contributed by atoms with van der Waals surface area (Å²) in [6.45, 7) is 5.32. The second kappa shape index (κ2) is 9.70. The van der Waals surface area contributed by atoms with Gasteiger partial charge in [-0.2, -0.15) is 0 Å². The summed E-state index contributed by atoms with van der Waals surface area (Å²) >= 11 is 0. The molecule has 0 fully saturated rings. The first-order valence-corrected chi connectivity index (χ1v) is 9.98. The highest BCUT2D eigenvalue weighted by molar-refractivity contribution is 5.77. The van der Waals surface area contributed by atoms with E-state index in [-0.39, 0.29) is 19.8 Å². The van der Waals surface area contributed by atoms with E-state index in [1.807, 2.05) is 30.3 Å². The number of hydrogen-bond donors (Lipinski definition) is 2. The van der Waals surface area contributed by atoms with Gasteiger partial charge in [0.2, 0.25) is 6.79 Å². The minimum atomic E-state index is -1.60. The molecule has 0 saturated heterocycles. The number of hydrogen-bond acceptors (Lipinski definition) is 7.